The lowest BCUT2D eigenvalue weighted by Crippen LogP contribution is -2.36. The molecule has 1 atom stereocenters. The second-order valence-electron chi connectivity index (χ2n) is 8.51. The molecule has 32 heavy (non-hydrogen) atoms. The van der Waals surface area contributed by atoms with Crippen LogP contribution in [0.2, 0.25) is 0 Å². The van der Waals surface area contributed by atoms with Crippen molar-refractivity contribution in [1.29, 1.82) is 5.26 Å². The van der Waals surface area contributed by atoms with Crippen LogP contribution in [0.25, 0.3) is 0 Å². The molecule has 170 valence electrons. The van der Waals surface area contributed by atoms with Crippen molar-refractivity contribution in [2.24, 2.45) is 5.92 Å². The molecule has 5 nitrogen and oxygen atoms in total. The molecule has 1 fully saturated rings. The molecule has 0 bridgehead atoms. The van der Waals surface area contributed by atoms with E-state index in [1.807, 2.05) is 18.0 Å². The maximum Gasteiger partial charge on any atom is 0.147 e. The molecule has 2 aliphatic rings. The van der Waals surface area contributed by atoms with Crippen molar-refractivity contribution in [2.75, 3.05) is 44.7 Å². The molecule has 2 heterocycles. The standard InChI is InChI=1S/C13H13FN2O.C13H20N2/c14-12-6-10(7-15)3-4-13(12)16-5-1-2-11(8-16)9-17;1-14-8-4-9-15-10-7-12-5-2-3-6-13(12)11-15/h3-4,6,9,11H,1-2,5,8H2;2-3,5-6,14H,4,7-11H2,1H3. The minimum Gasteiger partial charge on any atom is -0.368 e. The molecule has 0 radical (unpaired) electrons. The van der Waals surface area contributed by atoms with Gasteiger partial charge in [-0.05, 0) is 75.1 Å². The third-order valence-corrected chi connectivity index (χ3v) is 6.18. The van der Waals surface area contributed by atoms with E-state index in [0.717, 1.165) is 38.8 Å². The maximum absolute atomic E-state index is 13.8. The number of carbonyl (C=O) groups excluding carboxylic acids is 1. The number of benzene rings is 2. The van der Waals surface area contributed by atoms with Gasteiger partial charge in [-0.15, -0.1) is 0 Å². The van der Waals surface area contributed by atoms with Gasteiger partial charge >= 0.3 is 0 Å². The van der Waals surface area contributed by atoms with E-state index in [1.54, 1.807) is 17.7 Å². The van der Waals surface area contributed by atoms with Crippen LogP contribution in [0.3, 0.4) is 0 Å². The second-order valence-corrected chi connectivity index (χ2v) is 8.51. The Morgan fingerprint density at radius 3 is 2.75 bits per heavy atom. The molecule has 2 aromatic carbocycles. The zero-order chi connectivity index (χ0) is 22.8. The van der Waals surface area contributed by atoms with Gasteiger partial charge in [0, 0.05) is 32.1 Å². The fraction of sp³-hybridized carbons (Fsp3) is 0.462. The summed E-state index contributed by atoms with van der Waals surface area (Å²) in [5.41, 5.74) is 3.86. The minimum atomic E-state index is -0.393. The Kier molecular flexibility index (Phi) is 9.21. The highest BCUT2D eigenvalue weighted by Gasteiger charge is 2.21. The molecular weight excluding hydrogens is 403 g/mol. The summed E-state index contributed by atoms with van der Waals surface area (Å²) in [6.45, 7) is 6.02. The first-order valence-electron chi connectivity index (χ1n) is 11.5. The van der Waals surface area contributed by atoms with Crippen molar-refractivity contribution in [3.05, 3.63) is 65.0 Å². The number of piperidine rings is 1. The van der Waals surface area contributed by atoms with Crippen molar-refractivity contribution < 1.29 is 9.18 Å². The lowest BCUT2D eigenvalue weighted by molar-refractivity contribution is -0.111. The molecule has 1 N–H and O–H groups in total. The lowest BCUT2D eigenvalue weighted by atomic mass is 9.99. The second kappa shape index (κ2) is 12.3. The van der Waals surface area contributed by atoms with Gasteiger partial charge in [0.05, 0.1) is 17.3 Å². The van der Waals surface area contributed by atoms with Crippen LogP contribution in [-0.2, 0) is 17.8 Å². The van der Waals surface area contributed by atoms with E-state index in [-0.39, 0.29) is 5.92 Å². The van der Waals surface area contributed by atoms with Crippen molar-refractivity contribution in [3.63, 3.8) is 0 Å². The highest BCUT2D eigenvalue weighted by atomic mass is 19.1. The van der Waals surface area contributed by atoms with Crippen LogP contribution in [0.15, 0.2) is 42.5 Å². The average Bonchev–Trinajstić information content (AvgIpc) is 2.84. The van der Waals surface area contributed by atoms with Crippen molar-refractivity contribution in [1.82, 2.24) is 10.2 Å². The molecule has 0 aliphatic carbocycles. The van der Waals surface area contributed by atoms with Gasteiger partial charge in [0.2, 0.25) is 0 Å². The summed E-state index contributed by atoms with van der Waals surface area (Å²) in [5, 5.41) is 11.9. The Bertz CT molecular complexity index is 926. The number of nitriles is 1. The van der Waals surface area contributed by atoms with Gasteiger partial charge in [0.15, 0.2) is 0 Å². The molecule has 2 aliphatic heterocycles. The molecule has 1 unspecified atom stereocenters. The van der Waals surface area contributed by atoms with Crippen LogP contribution in [0.5, 0.6) is 0 Å². The Balaban J connectivity index is 0.000000182. The molecule has 0 amide bonds. The van der Waals surface area contributed by atoms with Gasteiger partial charge in [-0.1, -0.05) is 24.3 Å². The molecule has 0 aromatic heterocycles. The number of hydrogen-bond donors (Lipinski definition) is 1. The van der Waals surface area contributed by atoms with Crippen LogP contribution in [0.1, 0.15) is 36.0 Å². The summed E-state index contributed by atoms with van der Waals surface area (Å²) in [5.74, 6) is -0.408. The first-order valence-corrected chi connectivity index (χ1v) is 11.5. The summed E-state index contributed by atoms with van der Waals surface area (Å²) in [6, 6.07) is 15.2. The molecule has 6 heteroatoms. The number of nitrogens with one attached hydrogen (secondary N) is 1. The Morgan fingerprint density at radius 1 is 1.22 bits per heavy atom. The number of anilines is 1. The fourth-order valence-electron chi connectivity index (χ4n) is 4.40. The Morgan fingerprint density at radius 2 is 2.03 bits per heavy atom. The zero-order valence-electron chi connectivity index (χ0n) is 18.9. The summed E-state index contributed by atoms with van der Waals surface area (Å²) in [4.78, 5) is 15.2. The lowest BCUT2D eigenvalue weighted by Gasteiger charge is -2.32. The summed E-state index contributed by atoms with van der Waals surface area (Å²) in [6.07, 6.45) is 5.17. The fourth-order valence-corrected chi connectivity index (χ4v) is 4.40. The van der Waals surface area contributed by atoms with Crippen LogP contribution in [0.4, 0.5) is 10.1 Å². The maximum atomic E-state index is 13.8. The predicted molar refractivity (Wildman–Crippen MR) is 126 cm³/mol. The third-order valence-electron chi connectivity index (χ3n) is 6.18. The Labute approximate surface area is 190 Å². The quantitative estimate of drug-likeness (QED) is 0.552. The van der Waals surface area contributed by atoms with Crippen LogP contribution >= 0.6 is 0 Å². The number of halogens is 1. The number of nitrogens with zero attached hydrogens (tertiary/aromatic N) is 3. The van der Waals surface area contributed by atoms with Crippen molar-refractivity contribution in [3.8, 4) is 6.07 Å². The van der Waals surface area contributed by atoms with Gasteiger partial charge in [-0.25, -0.2) is 4.39 Å². The minimum absolute atomic E-state index is 0.0150. The van der Waals surface area contributed by atoms with Crippen molar-refractivity contribution >= 4 is 12.0 Å². The molecule has 1 saturated heterocycles. The van der Waals surface area contributed by atoms with Crippen LogP contribution in [0, 0.1) is 23.1 Å². The third kappa shape index (κ3) is 6.62. The first kappa shape index (κ1) is 23.9. The van der Waals surface area contributed by atoms with E-state index in [9.17, 15) is 9.18 Å². The van der Waals surface area contributed by atoms with Crippen LogP contribution < -0.4 is 10.2 Å². The highest BCUT2D eigenvalue weighted by Crippen LogP contribution is 2.25. The van der Waals surface area contributed by atoms with E-state index in [2.05, 4.69) is 34.5 Å². The van der Waals surface area contributed by atoms with Crippen LogP contribution in [-0.4, -0.2) is 51.0 Å². The smallest absolute Gasteiger partial charge is 0.147 e. The molecule has 4 rings (SSSR count). The molecular formula is C26H33FN4O. The van der Waals surface area contributed by atoms with Gasteiger partial charge in [-0.3, -0.25) is 4.90 Å². The predicted octanol–water partition coefficient (Wildman–Crippen LogP) is 3.77. The summed E-state index contributed by atoms with van der Waals surface area (Å²) in [7, 11) is 2.02. The summed E-state index contributed by atoms with van der Waals surface area (Å²) < 4.78 is 13.8. The first-order chi connectivity index (χ1) is 15.6. The van der Waals surface area contributed by atoms with Crippen molar-refractivity contribution in [2.45, 2.75) is 32.2 Å². The number of carbonyl (C=O) groups is 1. The molecule has 2 aromatic rings. The van der Waals surface area contributed by atoms with Gasteiger partial charge in [-0.2, -0.15) is 5.26 Å². The topological polar surface area (TPSA) is 59.4 Å². The SMILES string of the molecule is CNCCCN1CCc2ccccc2C1.N#Cc1ccc(N2CCCC(C=O)C2)c(F)c1. The monoisotopic (exact) mass is 436 g/mol. The Hall–Kier alpha value is -2.75. The van der Waals surface area contributed by atoms with E-state index < -0.39 is 5.82 Å². The van der Waals surface area contributed by atoms with E-state index in [0.29, 0.717) is 17.8 Å². The van der Waals surface area contributed by atoms with E-state index in [1.165, 1.54) is 37.6 Å². The molecule has 0 spiro atoms. The number of rotatable bonds is 6. The summed E-state index contributed by atoms with van der Waals surface area (Å²) >= 11 is 0. The number of fused-ring (bicyclic) bond motifs is 1. The van der Waals surface area contributed by atoms with E-state index >= 15 is 0 Å². The zero-order valence-corrected chi connectivity index (χ0v) is 18.9. The van der Waals surface area contributed by atoms with E-state index in [4.69, 9.17) is 5.26 Å². The normalized spacial score (nSPS) is 18.2. The number of hydrogen-bond acceptors (Lipinski definition) is 5. The average molecular weight is 437 g/mol. The van der Waals surface area contributed by atoms with Gasteiger partial charge < -0.3 is 15.0 Å². The largest absolute Gasteiger partial charge is 0.368 e. The molecule has 0 saturated carbocycles. The van der Waals surface area contributed by atoms with Gasteiger partial charge in [0.1, 0.15) is 12.1 Å². The van der Waals surface area contributed by atoms with Gasteiger partial charge in [0.25, 0.3) is 0 Å². The highest BCUT2D eigenvalue weighted by molar-refractivity contribution is 5.58. The number of aldehydes is 1.